The van der Waals surface area contributed by atoms with Gasteiger partial charge in [0.1, 0.15) is 11.5 Å². The number of phenols is 1. The van der Waals surface area contributed by atoms with Crippen molar-refractivity contribution in [2.75, 3.05) is 11.9 Å². The normalized spacial score (nSPS) is 11.9. The molecule has 2 aromatic rings. The number of nitrogens with one attached hydrogen (secondary N) is 1. The molecule has 20 heavy (non-hydrogen) atoms. The highest BCUT2D eigenvalue weighted by Crippen LogP contribution is 2.28. The number of anilines is 1. The molecule has 0 aromatic heterocycles. The molecule has 0 saturated heterocycles. The predicted molar refractivity (Wildman–Crippen MR) is 82.5 cm³/mol. The van der Waals surface area contributed by atoms with Crippen molar-refractivity contribution in [2.45, 2.75) is 26.8 Å². The van der Waals surface area contributed by atoms with Crippen LogP contribution < -0.4 is 10.1 Å². The third-order valence-electron chi connectivity index (χ3n) is 3.18. The third-order valence-corrected chi connectivity index (χ3v) is 3.18. The molecule has 0 saturated carbocycles. The fourth-order valence-corrected chi connectivity index (χ4v) is 2.19. The van der Waals surface area contributed by atoms with Crippen molar-refractivity contribution in [3.05, 3.63) is 53.6 Å². The van der Waals surface area contributed by atoms with Gasteiger partial charge >= 0.3 is 0 Å². The lowest BCUT2D eigenvalue weighted by molar-refractivity contribution is 0.340. The minimum Gasteiger partial charge on any atom is -0.508 e. The summed E-state index contributed by atoms with van der Waals surface area (Å²) in [5, 5.41) is 13.3. The van der Waals surface area contributed by atoms with E-state index in [0.29, 0.717) is 12.4 Å². The zero-order valence-electron chi connectivity index (χ0n) is 12.2. The maximum Gasteiger partial charge on any atom is 0.121 e. The van der Waals surface area contributed by atoms with Crippen LogP contribution in [-0.2, 0) is 0 Å². The van der Waals surface area contributed by atoms with Gasteiger partial charge in [-0.3, -0.25) is 0 Å². The molecule has 106 valence electrons. The smallest absolute Gasteiger partial charge is 0.121 e. The Bertz CT molecular complexity index is 581. The summed E-state index contributed by atoms with van der Waals surface area (Å²) in [6.45, 7) is 6.67. The van der Waals surface area contributed by atoms with Crippen LogP contribution in [-0.4, -0.2) is 11.7 Å². The number of phenolic OH excluding ortho intramolecular Hbond substituents is 1. The van der Waals surface area contributed by atoms with Crippen LogP contribution >= 0.6 is 0 Å². The van der Waals surface area contributed by atoms with E-state index < -0.39 is 0 Å². The number of benzene rings is 2. The average Bonchev–Trinajstić information content (AvgIpc) is 2.42. The van der Waals surface area contributed by atoms with Crippen molar-refractivity contribution in [2.24, 2.45) is 0 Å². The number of ether oxygens (including phenoxy) is 1. The Labute approximate surface area is 120 Å². The lowest BCUT2D eigenvalue weighted by Gasteiger charge is -2.18. The number of aromatic hydroxyl groups is 1. The van der Waals surface area contributed by atoms with Crippen molar-refractivity contribution in [1.82, 2.24) is 0 Å². The van der Waals surface area contributed by atoms with Crippen LogP contribution in [0.3, 0.4) is 0 Å². The van der Waals surface area contributed by atoms with Crippen LogP contribution in [0.1, 0.15) is 31.0 Å². The molecule has 0 heterocycles. The van der Waals surface area contributed by atoms with E-state index in [1.54, 1.807) is 6.07 Å². The first kappa shape index (κ1) is 14.3. The maximum atomic E-state index is 9.96. The molecule has 0 amide bonds. The number of rotatable bonds is 5. The molecule has 0 aliphatic heterocycles. The van der Waals surface area contributed by atoms with Gasteiger partial charge in [0, 0.05) is 17.3 Å². The zero-order chi connectivity index (χ0) is 14.5. The summed E-state index contributed by atoms with van der Waals surface area (Å²) in [6.07, 6.45) is 0. The molecule has 0 radical (unpaired) electrons. The largest absolute Gasteiger partial charge is 0.508 e. The van der Waals surface area contributed by atoms with Gasteiger partial charge in [-0.25, -0.2) is 0 Å². The van der Waals surface area contributed by atoms with E-state index in [2.05, 4.69) is 5.32 Å². The lowest BCUT2D eigenvalue weighted by atomic mass is 10.0. The number of hydrogen-bond donors (Lipinski definition) is 2. The molecule has 2 rings (SSSR count). The average molecular weight is 271 g/mol. The Kier molecular flexibility index (Phi) is 4.51. The van der Waals surface area contributed by atoms with E-state index in [1.165, 1.54) is 0 Å². The first-order chi connectivity index (χ1) is 9.60. The molecule has 3 nitrogen and oxygen atoms in total. The van der Waals surface area contributed by atoms with Gasteiger partial charge in [0.25, 0.3) is 0 Å². The van der Waals surface area contributed by atoms with E-state index >= 15 is 0 Å². The Morgan fingerprint density at radius 2 is 2.00 bits per heavy atom. The lowest BCUT2D eigenvalue weighted by Crippen LogP contribution is -2.07. The summed E-state index contributed by atoms with van der Waals surface area (Å²) < 4.78 is 5.49. The van der Waals surface area contributed by atoms with Crippen LogP contribution in [0.4, 0.5) is 5.69 Å². The molecular formula is C17H21NO2. The van der Waals surface area contributed by atoms with Crippen molar-refractivity contribution < 1.29 is 9.84 Å². The Balaban J connectivity index is 2.16. The molecule has 1 unspecified atom stereocenters. The van der Waals surface area contributed by atoms with E-state index in [4.69, 9.17) is 4.74 Å². The van der Waals surface area contributed by atoms with Crippen molar-refractivity contribution in [1.29, 1.82) is 0 Å². The monoisotopic (exact) mass is 271 g/mol. The number of hydrogen-bond acceptors (Lipinski definition) is 3. The molecule has 3 heteroatoms. The minimum absolute atomic E-state index is 0.0202. The van der Waals surface area contributed by atoms with Crippen LogP contribution in [0.2, 0.25) is 0 Å². The molecule has 1 atom stereocenters. The second-order valence-corrected chi connectivity index (χ2v) is 4.89. The highest BCUT2D eigenvalue weighted by Gasteiger charge is 2.10. The van der Waals surface area contributed by atoms with Gasteiger partial charge in [0.05, 0.1) is 12.6 Å². The molecule has 2 N–H and O–H groups in total. The standard InChI is InChI=1S/C17H21NO2/c1-4-20-15-7-5-6-14(11-15)18-13(3)16-10-12(2)8-9-17(16)19/h5-11,13,18-19H,4H2,1-3H3. The van der Waals surface area contributed by atoms with E-state index in [1.807, 2.05) is 57.2 Å². The van der Waals surface area contributed by atoms with Gasteiger partial charge in [-0.2, -0.15) is 0 Å². The van der Waals surface area contributed by atoms with Gasteiger partial charge < -0.3 is 15.2 Å². The topological polar surface area (TPSA) is 41.5 Å². The van der Waals surface area contributed by atoms with Gasteiger partial charge in [0.15, 0.2) is 0 Å². The molecule has 2 aromatic carbocycles. The summed E-state index contributed by atoms with van der Waals surface area (Å²) in [5.74, 6) is 1.16. The minimum atomic E-state index is 0.0202. The first-order valence-electron chi connectivity index (χ1n) is 6.89. The van der Waals surface area contributed by atoms with Crippen molar-refractivity contribution in [3.8, 4) is 11.5 Å². The first-order valence-corrected chi connectivity index (χ1v) is 6.89. The maximum absolute atomic E-state index is 9.96. The SMILES string of the molecule is CCOc1cccc(NC(C)c2cc(C)ccc2O)c1. The summed E-state index contributed by atoms with van der Waals surface area (Å²) in [4.78, 5) is 0. The molecule has 0 spiro atoms. The van der Waals surface area contributed by atoms with Crippen LogP contribution in [0, 0.1) is 6.92 Å². The fourth-order valence-electron chi connectivity index (χ4n) is 2.19. The molecular weight excluding hydrogens is 250 g/mol. The molecule has 0 bridgehead atoms. The van der Waals surface area contributed by atoms with Crippen molar-refractivity contribution >= 4 is 5.69 Å². The van der Waals surface area contributed by atoms with Crippen LogP contribution in [0.5, 0.6) is 11.5 Å². The van der Waals surface area contributed by atoms with Crippen molar-refractivity contribution in [3.63, 3.8) is 0 Å². The number of aryl methyl sites for hydroxylation is 1. The Morgan fingerprint density at radius 1 is 1.20 bits per heavy atom. The summed E-state index contributed by atoms with van der Waals surface area (Å²) in [5.41, 5.74) is 3.01. The van der Waals surface area contributed by atoms with Gasteiger partial charge in [0.2, 0.25) is 0 Å². The summed E-state index contributed by atoms with van der Waals surface area (Å²) >= 11 is 0. The van der Waals surface area contributed by atoms with Crippen LogP contribution in [0.15, 0.2) is 42.5 Å². The second-order valence-electron chi connectivity index (χ2n) is 4.89. The predicted octanol–water partition coefficient (Wildman–Crippen LogP) is 4.27. The Hall–Kier alpha value is -2.16. The molecule has 0 fully saturated rings. The molecule has 0 aliphatic carbocycles. The van der Waals surface area contributed by atoms with E-state index in [-0.39, 0.29) is 6.04 Å². The summed E-state index contributed by atoms with van der Waals surface area (Å²) in [7, 11) is 0. The van der Waals surface area contributed by atoms with E-state index in [9.17, 15) is 5.11 Å². The van der Waals surface area contributed by atoms with E-state index in [0.717, 1.165) is 22.6 Å². The zero-order valence-corrected chi connectivity index (χ0v) is 12.2. The van der Waals surface area contributed by atoms with Gasteiger partial charge in [-0.1, -0.05) is 23.8 Å². The molecule has 0 aliphatic rings. The second kappa shape index (κ2) is 6.33. The summed E-state index contributed by atoms with van der Waals surface area (Å²) in [6, 6.07) is 13.5. The highest BCUT2D eigenvalue weighted by molar-refractivity contribution is 5.51. The third kappa shape index (κ3) is 3.44. The highest BCUT2D eigenvalue weighted by atomic mass is 16.5. The van der Waals surface area contributed by atoms with Gasteiger partial charge in [-0.05, 0) is 39.0 Å². The van der Waals surface area contributed by atoms with Gasteiger partial charge in [-0.15, -0.1) is 0 Å². The quantitative estimate of drug-likeness (QED) is 0.853. The fraction of sp³-hybridized carbons (Fsp3) is 0.294. The van der Waals surface area contributed by atoms with Crippen LogP contribution in [0.25, 0.3) is 0 Å². The Morgan fingerprint density at radius 3 is 2.75 bits per heavy atom.